The van der Waals surface area contributed by atoms with E-state index >= 15 is 0 Å². The van der Waals surface area contributed by atoms with Crippen LogP contribution in [0.4, 0.5) is 0 Å². The summed E-state index contributed by atoms with van der Waals surface area (Å²) in [5, 5.41) is 8.55. The smallest absolute Gasteiger partial charge is 0.243 e. The van der Waals surface area contributed by atoms with Crippen molar-refractivity contribution in [2.75, 3.05) is 34.2 Å². The number of carbonyl (C=O) groups is 1. The Kier molecular flexibility index (Phi) is 10.1. The van der Waals surface area contributed by atoms with E-state index in [9.17, 15) is 4.79 Å². The van der Waals surface area contributed by atoms with Crippen LogP contribution in [0.2, 0.25) is 0 Å². The molecule has 2 rings (SSSR count). The van der Waals surface area contributed by atoms with Gasteiger partial charge in [-0.15, -0.1) is 46.7 Å². The van der Waals surface area contributed by atoms with Crippen LogP contribution < -0.4 is 5.32 Å². The monoisotopic (exact) mass is 507 g/mol. The number of likely N-dealkylation sites (N-methyl/N-ethyl adjacent to an activating group) is 1. The number of amides is 1. The Morgan fingerprint density at radius 3 is 2.65 bits per heavy atom. The van der Waals surface area contributed by atoms with Gasteiger partial charge in [0, 0.05) is 37.9 Å². The van der Waals surface area contributed by atoms with Crippen molar-refractivity contribution < 1.29 is 4.79 Å². The number of aromatic nitrogens is 1. The van der Waals surface area contributed by atoms with Gasteiger partial charge in [0.25, 0.3) is 0 Å². The van der Waals surface area contributed by atoms with Crippen LogP contribution in [-0.4, -0.2) is 60.9 Å². The van der Waals surface area contributed by atoms with Crippen molar-refractivity contribution in [3.8, 4) is 0 Å². The molecule has 9 heteroatoms. The number of hydrogen-bond donors (Lipinski definition) is 1. The second-order valence-corrected chi connectivity index (χ2v) is 7.99. The minimum atomic E-state index is -0.0181. The number of guanidine groups is 1. The highest BCUT2D eigenvalue weighted by molar-refractivity contribution is 14.0. The maximum atomic E-state index is 11.9. The topological polar surface area (TPSA) is 60.8 Å². The van der Waals surface area contributed by atoms with Gasteiger partial charge in [-0.05, 0) is 24.8 Å². The third-order valence-corrected chi connectivity index (χ3v) is 5.28. The molecule has 0 spiro atoms. The first-order valence-electron chi connectivity index (χ1n) is 8.08. The lowest BCUT2D eigenvalue weighted by Gasteiger charge is -2.22. The lowest BCUT2D eigenvalue weighted by Crippen LogP contribution is -2.40. The fourth-order valence-electron chi connectivity index (χ4n) is 2.15. The zero-order valence-electron chi connectivity index (χ0n) is 15.6. The number of aryl methyl sites for hydroxylation is 1. The molecule has 0 aliphatic carbocycles. The van der Waals surface area contributed by atoms with E-state index in [2.05, 4.69) is 38.2 Å². The number of nitrogens with zero attached hydrogens (tertiary/aromatic N) is 4. The Morgan fingerprint density at radius 1 is 1.31 bits per heavy atom. The fraction of sp³-hybridized carbons (Fsp3) is 0.471. The summed E-state index contributed by atoms with van der Waals surface area (Å²) in [6.07, 6.45) is 0.933. The third-order valence-electron chi connectivity index (χ3n) is 3.52. The molecule has 144 valence electrons. The largest absolute Gasteiger partial charge is 0.356 e. The van der Waals surface area contributed by atoms with Crippen molar-refractivity contribution in [2.45, 2.75) is 19.9 Å². The molecular weight excluding hydrogens is 481 g/mol. The fourth-order valence-corrected chi connectivity index (χ4v) is 3.46. The molecule has 0 fully saturated rings. The Balaban J connectivity index is 0.00000338. The number of halogens is 1. The highest BCUT2D eigenvalue weighted by Gasteiger charge is 2.11. The van der Waals surface area contributed by atoms with Gasteiger partial charge in [0.2, 0.25) is 5.91 Å². The van der Waals surface area contributed by atoms with E-state index in [1.807, 2.05) is 18.9 Å². The summed E-state index contributed by atoms with van der Waals surface area (Å²) >= 11 is 3.39. The average molecular weight is 507 g/mol. The molecule has 0 atom stereocenters. The number of aliphatic imine (C=N–C) groups is 1. The van der Waals surface area contributed by atoms with Gasteiger partial charge in [0.15, 0.2) is 5.96 Å². The van der Waals surface area contributed by atoms with Crippen LogP contribution in [0.15, 0.2) is 27.9 Å². The van der Waals surface area contributed by atoms with E-state index in [0.29, 0.717) is 6.54 Å². The number of carbonyl (C=O) groups excluding carboxylic acids is 1. The molecule has 0 radical (unpaired) electrons. The minimum Gasteiger partial charge on any atom is -0.356 e. The Morgan fingerprint density at radius 2 is 2.08 bits per heavy atom. The van der Waals surface area contributed by atoms with Crippen molar-refractivity contribution in [3.63, 3.8) is 0 Å². The Bertz CT molecular complexity index is 700. The van der Waals surface area contributed by atoms with Crippen LogP contribution in [0.3, 0.4) is 0 Å². The van der Waals surface area contributed by atoms with Crippen LogP contribution in [0.25, 0.3) is 0 Å². The molecule has 2 heterocycles. The molecule has 0 aliphatic rings. The van der Waals surface area contributed by atoms with E-state index < -0.39 is 0 Å². The van der Waals surface area contributed by atoms with Gasteiger partial charge < -0.3 is 15.1 Å². The maximum absolute atomic E-state index is 11.9. The summed E-state index contributed by atoms with van der Waals surface area (Å²) < 4.78 is 0. The summed E-state index contributed by atoms with van der Waals surface area (Å²) in [6, 6.07) is 4.18. The predicted octanol–water partition coefficient (Wildman–Crippen LogP) is 2.84. The van der Waals surface area contributed by atoms with Gasteiger partial charge in [0.05, 0.1) is 17.2 Å². The maximum Gasteiger partial charge on any atom is 0.243 e. The van der Waals surface area contributed by atoms with Crippen LogP contribution in [0, 0.1) is 6.92 Å². The van der Waals surface area contributed by atoms with Crippen molar-refractivity contribution in [1.82, 2.24) is 20.1 Å². The van der Waals surface area contributed by atoms with Gasteiger partial charge in [0.1, 0.15) is 6.54 Å². The normalized spacial score (nSPS) is 11.0. The summed E-state index contributed by atoms with van der Waals surface area (Å²) in [5.41, 5.74) is 1.01. The third kappa shape index (κ3) is 7.58. The first-order valence-corrected chi connectivity index (χ1v) is 9.84. The number of hydrogen-bond acceptors (Lipinski definition) is 5. The van der Waals surface area contributed by atoms with E-state index in [0.717, 1.165) is 29.6 Å². The Hall–Kier alpha value is -1.20. The predicted molar refractivity (Wildman–Crippen MR) is 121 cm³/mol. The average Bonchev–Trinajstić information content (AvgIpc) is 3.21. The van der Waals surface area contributed by atoms with Crippen LogP contribution in [-0.2, 0) is 17.8 Å². The molecule has 0 bridgehead atoms. The summed E-state index contributed by atoms with van der Waals surface area (Å²) in [5.74, 6) is 0.702. The van der Waals surface area contributed by atoms with Gasteiger partial charge >= 0.3 is 0 Å². The first kappa shape index (κ1) is 22.8. The van der Waals surface area contributed by atoms with Crippen molar-refractivity contribution >= 4 is 58.5 Å². The van der Waals surface area contributed by atoms with Gasteiger partial charge in [-0.25, -0.2) is 9.98 Å². The van der Waals surface area contributed by atoms with Crippen molar-refractivity contribution in [3.05, 3.63) is 38.5 Å². The van der Waals surface area contributed by atoms with E-state index in [-0.39, 0.29) is 36.4 Å². The highest BCUT2D eigenvalue weighted by Crippen LogP contribution is 2.10. The minimum absolute atomic E-state index is 0. The van der Waals surface area contributed by atoms with Gasteiger partial charge in [-0.3, -0.25) is 4.79 Å². The van der Waals surface area contributed by atoms with E-state index in [1.54, 1.807) is 41.7 Å². The van der Waals surface area contributed by atoms with Gasteiger partial charge in [-0.2, -0.15) is 0 Å². The Labute approximate surface area is 180 Å². The standard InChI is InChI=1S/C17H25N5OS2.HI/c1-13-20-14(12-25-13)11-22(4)17(19-10-16(23)21(2)3)18-8-7-15-6-5-9-24-15;/h5-6,9,12H,7-8,10-11H2,1-4H3,(H,18,19);1H. The molecule has 0 saturated carbocycles. The van der Waals surface area contributed by atoms with Crippen molar-refractivity contribution in [1.29, 1.82) is 0 Å². The van der Waals surface area contributed by atoms with Gasteiger partial charge in [-0.1, -0.05) is 6.07 Å². The zero-order chi connectivity index (χ0) is 18.2. The highest BCUT2D eigenvalue weighted by atomic mass is 127. The summed E-state index contributed by atoms with van der Waals surface area (Å²) in [4.78, 5) is 25.7. The van der Waals surface area contributed by atoms with Crippen LogP contribution >= 0.6 is 46.7 Å². The lowest BCUT2D eigenvalue weighted by atomic mass is 10.3. The SMILES string of the molecule is Cc1nc(CN(C)C(=NCC(=O)N(C)C)NCCc2cccs2)cs1.I. The van der Waals surface area contributed by atoms with E-state index in [4.69, 9.17) is 0 Å². The molecular formula is C17H26IN5OS2. The number of rotatable bonds is 7. The molecule has 1 amide bonds. The second-order valence-electron chi connectivity index (χ2n) is 5.90. The quantitative estimate of drug-likeness (QED) is 0.356. The second kappa shape index (κ2) is 11.5. The molecule has 2 aromatic rings. The molecule has 26 heavy (non-hydrogen) atoms. The molecule has 0 aromatic carbocycles. The van der Waals surface area contributed by atoms with Crippen molar-refractivity contribution in [2.24, 2.45) is 4.99 Å². The molecule has 0 saturated heterocycles. The molecule has 0 aliphatic heterocycles. The molecule has 6 nitrogen and oxygen atoms in total. The summed E-state index contributed by atoms with van der Waals surface area (Å²) in [7, 11) is 5.44. The van der Waals surface area contributed by atoms with E-state index in [1.165, 1.54) is 4.88 Å². The first-order chi connectivity index (χ1) is 12.0. The number of nitrogens with one attached hydrogen (secondary N) is 1. The molecule has 2 aromatic heterocycles. The lowest BCUT2D eigenvalue weighted by molar-refractivity contribution is -0.127. The summed E-state index contributed by atoms with van der Waals surface area (Å²) in [6.45, 7) is 3.56. The van der Waals surface area contributed by atoms with Crippen LogP contribution in [0.1, 0.15) is 15.6 Å². The number of thiophene rings is 1. The van der Waals surface area contributed by atoms with Crippen LogP contribution in [0.5, 0.6) is 0 Å². The number of thiazole rings is 1. The molecule has 0 unspecified atom stereocenters. The molecule has 1 N–H and O–H groups in total. The zero-order valence-corrected chi connectivity index (χ0v) is 19.5.